The lowest BCUT2D eigenvalue weighted by Crippen LogP contribution is -2.25. The van der Waals surface area contributed by atoms with Crippen LogP contribution in [0.2, 0.25) is 5.02 Å². The number of aromatic nitrogens is 4. The van der Waals surface area contributed by atoms with E-state index in [1.807, 2.05) is 38.1 Å². The lowest BCUT2D eigenvalue weighted by atomic mass is 10.1. The van der Waals surface area contributed by atoms with Gasteiger partial charge in [-0.3, -0.25) is 9.36 Å². The molecule has 2 heterocycles. The zero-order valence-electron chi connectivity index (χ0n) is 15.2. The summed E-state index contributed by atoms with van der Waals surface area (Å²) in [5.41, 5.74) is 3.58. The molecule has 2 aromatic heterocycles. The van der Waals surface area contributed by atoms with Crippen molar-refractivity contribution < 1.29 is 0 Å². The van der Waals surface area contributed by atoms with Crippen LogP contribution in [-0.2, 0) is 13.0 Å². The summed E-state index contributed by atoms with van der Waals surface area (Å²) in [6.07, 6.45) is 2.24. The molecular weight excluding hydrogens is 360 g/mol. The number of hydrogen-bond acceptors (Lipinski definition) is 3. The molecule has 27 heavy (non-hydrogen) atoms. The average molecular weight is 379 g/mol. The maximum absolute atomic E-state index is 13.1. The van der Waals surface area contributed by atoms with E-state index >= 15 is 0 Å². The third-order valence-corrected chi connectivity index (χ3v) is 4.87. The minimum atomic E-state index is -0.0716. The fraction of sp³-hybridized carbons (Fsp3) is 0.190. The van der Waals surface area contributed by atoms with E-state index in [-0.39, 0.29) is 5.56 Å². The third-order valence-electron chi connectivity index (χ3n) is 4.61. The summed E-state index contributed by atoms with van der Waals surface area (Å²) in [5.74, 6) is 0.740. The molecule has 0 saturated heterocycles. The molecule has 0 spiro atoms. The van der Waals surface area contributed by atoms with Crippen LogP contribution in [0.25, 0.3) is 16.7 Å². The average Bonchev–Trinajstić information content (AvgIpc) is 3.10. The Morgan fingerprint density at radius 3 is 2.41 bits per heavy atom. The topological polar surface area (TPSA) is 52.7 Å². The molecule has 4 aromatic rings. The van der Waals surface area contributed by atoms with Crippen molar-refractivity contribution in [2.75, 3.05) is 0 Å². The summed E-state index contributed by atoms with van der Waals surface area (Å²) >= 11 is 5.97. The lowest BCUT2D eigenvalue weighted by molar-refractivity contribution is 0.683. The Bertz CT molecular complexity index is 1160. The number of rotatable bonds is 4. The maximum Gasteiger partial charge on any atom is 0.264 e. The summed E-state index contributed by atoms with van der Waals surface area (Å²) in [7, 11) is 0. The highest BCUT2D eigenvalue weighted by Gasteiger charge is 2.15. The summed E-state index contributed by atoms with van der Waals surface area (Å²) in [6, 6.07) is 15.5. The largest absolute Gasteiger partial charge is 0.291 e. The smallest absolute Gasteiger partial charge is 0.264 e. The molecule has 136 valence electrons. The Kier molecular flexibility index (Phi) is 4.54. The molecule has 4 rings (SSSR count). The van der Waals surface area contributed by atoms with Gasteiger partial charge in [0.25, 0.3) is 5.56 Å². The van der Waals surface area contributed by atoms with Gasteiger partial charge in [0.1, 0.15) is 11.2 Å². The van der Waals surface area contributed by atoms with Gasteiger partial charge in [-0.1, -0.05) is 48.4 Å². The van der Waals surface area contributed by atoms with Crippen molar-refractivity contribution in [2.45, 2.75) is 26.8 Å². The molecule has 5 nitrogen and oxygen atoms in total. The lowest BCUT2D eigenvalue weighted by Gasteiger charge is -2.12. The van der Waals surface area contributed by atoms with Gasteiger partial charge in [-0.05, 0) is 36.8 Å². The van der Waals surface area contributed by atoms with Gasteiger partial charge in [-0.25, -0.2) is 9.67 Å². The number of fused-ring (bicyclic) bond motifs is 1. The number of hydrogen-bond donors (Lipinski definition) is 0. The van der Waals surface area contributed by atoms with Crippen molar-refractivity contribution in [3.63, 3.8) is 0 Å². The highest BCUT2D eigenvalue weighted by Crippen LogP contribution is 2.18. The SMILES string of the molecule is CCc1nc2c(cnn2-c2ccc(Cl)cc2)c(=O)n1Cc1ccc(C)cc1. The first-order valence-corrected chi connectivity index (χ1v) is 9.23. The van der Waals surface area contributed by atoms with Crippen molar-refractivity contribution in [2.24, 2.45) is 0 Å². The minimum absolute atomic E-state index is 0.0716. The fourth-order valence-corrected chi connectivity index (χ4v) is 3.25. The second kappa shape index (κ2) is 7.00. The first-order chi connectivity index (χ1) is 13.1. The van der Waals surface area contributed by atoms with Gasteiger partial charge >= 0.3 is 0 Å². The Labute approximate surface area is 161 Å². The van der Waals surface area contributed by atoms with Gasteiger partial charge in [0.05, 0.1) is 18.4 Å². The van der Waals surface area contributed by atoms with Crippen molar-refractivity contribution in [3.8, 4) is 5.69 Å². The molecular formula is C21H19ClN4O. The molecule has 0 radical (unpaired) electrons. The molecule has 0 aliphatic carbocycles. The normalized spacial score (nSPS) is 11.2. The zero-order chi connectivity index (χ0) is 19.0. The second-order valence-corrected chi connectivity index (χ2v) is 6.96. The van der Waals surface area contributed by atoms with Crippen LogP contribution in [0.1, 0.15) is 23.9 Å². The van der Waals surface area contributed by atoms with E-state index in [0.717, 1.165) is 17.1 Å². The van der Waals surface area contributed by atoms with Gasteiger partial charge in [0.2, 0.25) is 0 Å². The van der Waals surface area contributed by atoms with Gasteiger partial charge in [0, 0.05) is 11.4 Å². The maximum atomic E-state index is 13.1. The predicted molar refractivity (Wildman–Crippen MR) is 108 cm³/mol. The highest BCUT2D eigenvalue weighted by molar-refractivity contribution is 6.30. The van der Waals surface area contributed by atoms with Crippen LogP contribution < -0.4 is 5.56 Å². The predicted octanol–water partition coefficient (Wildman–Crippen LogP) is 4.15. The van der Waals surface area contributed by atoms with E-state index < -0.39 is 0 Å². The standard InChI is InChI=1S/C21H19ClN4O/c1-3-19-24-20-18(12-23-26(20)17-10-8-16(22)9-11-17)21(27)25(19)13-15-6-4-14(2)5-7-15/h4-12H,3,13H2,1-2H3. The molecule has 2 aromatic carbocycles. The molecule has 0 aliphatic heterocycles. The summed E-state index contributed by atoms with van der Waals surface area (Å²) in [5, 5.41) is 5.55. The zero-order valence-corrected chi connectivity index (χ0v) is 15.9. The molecule has 0 unspecified atom stereocenters. The number of halogens is 1. The summed E-state index contributed by atoms with van der Waals surface area (Å²) in [6.45, 7) is 4.55. The van der Waals surface area contributed by atoms with Gasteiger partial charge in [0.15, 0.2) is 5.65 Å². The van der Waals surface area contributed by atoms with Crippen molar-refractivity contribution in [1.82, 2.24) is 19.3 Å². The first-order valence-electron chi connectivity index (χ1n) is 8.85. The van der Waals surface area contributed by atoms with Gasteiger partial charge in [-0.15, -0.1) is 0 Å². The molecule has 0 atom stereocenters. The van der Waals surface area contributed by atoms with E-state index in [1.54, 1.807) is 27.6 Å². The Hall–Kier alpha value is -2.92. The van der Waals surface area contributed by atoms with E-state index in [1.165, 1.54) is 5.56 Å². The Morgan fingerprint density at radius 1 is 1.04 bits per heavy atom. The van der Waals surface area contributed by atoms with Crippen molar-refractivity contribution in [3.05, 3.63) is 87.1 Å². The highest BCUT2D eigenvalue weighted by atomic mass is 35.5. The Balaban J connectivity index is 1.84. The monoisotopic (exact) mass is 378 g/mol. The molecule has 0 amide bonds. The Morgan fingerprint density at radius 2 is 1.74 bits per heavy atom. The summed E-state index contributed by atoms with van der Waals surface area (Å²) in [4.78, 5) is 17.9. The van der Waals surface area contributed by atoms with E-state index in [2.05, 4.69) is 17.2 Å². The molecule has 0 aliphatic rings. The number of nitrogens with zero attached hydrogens (tertiary/aromatic N) is 4. The molecule has 0 fully saturated rings. The van der Waals surface area contributed by atoms with Gasteiger partial charge in [-0.2, -0.15) is 5.10 Å². The van der Waals surface area contributed by atoms with E-state index in [4.69, 9.17) is 16.6 Å². The van der Waals surface area contributed by atoms with Crippen molar-refractivity contribution in [1.29, 1.82) is 0 Å². The van der Waals surface area contributed by atoms with Crippen LogP contribution in [-0.4, -0.2) is 19.3 Å². The molecule has 0 N–H and O–H groups in total. The quantitative estimate of drug-likeness (QED) is 0.536. The van der Waals surface area contributed by atoms with E-state index in [9.17, 15) is 4.79 Å². The number of benzene rings is 2. The van der Waals surface area contributed by atoms with Crippen LogP contribution in [0.5, 0.6) is 0 Å². The van der Waals surface area contributed by atoms with E-state index in [0.29, 0.717) is 29.0 Å². The first kappa shape index (κ1) is 17.5. The van der Waals surface area contributed by atoms with Crippen molar-refractivity contribution >= 4 is 22.6 Å². The fourth-order valence-electron chi connectivity index (χ4n) is 3.13. The van der Waals surface area contributed by atoms with Crippen LogP contribution in [0, 0.1) is 6.92 Å². The number of aryl methyl sites for hydroxylation is 2. The second-order valence-electron chi connectivity index (χ2n) is 6.53. The van der Waals surface area contributed by atoms with Crippen LogP contribution in [0.3, 0.4) is 0 Å². The third kappa shape index (κ3) is 3.26. The summed E-state index contributed by atoms with van der Waals surface area (Å²) < 4.78 is 3.42. The minimum Gasteiger partial charge on any atom is -0.291 e. The van der Waals surface area contributed by atoms with Crippen LogP contribution in [0.15, 0.2) is 59.5 Å². The van der Waals surface area contributed by atoms with Crippen LogP contribution >= 0.6 is 11.6 Å². The molecule has 0 bridgehead atoms. The molecule has 6 heteroatoms. The van der Waals surface area contributed by atoms with Gasteiger partial charge < -0.3 is 0 Å². The molecule has 0 saturated carbocycles. The van der Waals surface area contributed by atoms with Crippen LogP contribution in [0.4, 0.5) is 0 Å².